The molecule has 0 fully saturated rings. The van der Waals surface area contributed by atoms with Gasteiger partial charge in [0.1, 0.15) is 5.69 Å². The Hall–Kier alpha value is -0.520. The molecule has 0 aliphatic carbocycles. The van der Waals surface area contributed by atoms with E-state index in [4.69, 9.17) is 0 Å². The van der Waals surface area contributed by atoms with E-state index in [1.807, 2.05) is 23.6 Å². The third-order valence-corrected chi connectivity index (χ3v) is 3.19. The van der Waals surface area contributed by atoms with Gasteiger partial charge in [0.05, 0.1) is 0 Å². The number of thiol groups is 2. The maximum atomic E-state index is 4.36. The summed E-state index contributed by atoms with van der Waals surface area (Å²) >= 11 is 9.96. The van der Waals surface area contributed by atoms with Crippen molar-refractivity contribution in [3.63, 3.8) is 0 Å². The minimum absolute atomic E-state index is 0.846. The number of rotatable bonds is 1. The Kier molecular flexibility index (Phi) is 2.57. The second-order valence-corrected chi connectivity index (χ2v) is 4.00. The van der Waals surface area contributed by atoms with Crippen LogP contribution in [0.4, 0.5) is 0 Å². The summed E-state index contributed by atoms with van der Waals surface area (Å²) in [6, 6.07) is 5.78. The van der Waals surface area contributed by atoms with E-state index in [1.54, 1.807) is 0 Å². The molecule has 0 bridgehead atoms. The molecule has 13 heavy (non-hydrogen) atoms. The van der Waals surface area contributed by atoms with E-state index in [2.05, 4.69) is 34.8 Å². The molecule has 0 radical (unpaired) electrons. The summed E-state index contributed by atoms with van der Waals surface area (Å²) in [7, 11) is 0. The standard InChI is InChI=1S/C8H6N2S3/c11-7-3-1-2-5(8(7)12)6-4-13-10-9-6/h1-4,11-12H. The summed E-state index contributed by atoms with van der Waals surface area (Å²) < 4.78 is 3.80. The molecule has 0 saturated heterocycles. The third kappa shape index (κ3) is 1.72. The Bertz CT molecular complexity index is 411. The summed E-state index contributed by atoms with van der Waals surface area (Å²) in [6.45, 7) is 0. The maximum Gasteiger partial charge on any atom is 0.107 e. The van der Waals surface area contributed by atoms with Crippen molar-refractivity contribution in [3.8, 4) is 11.3 Å². The van der Waals surface area contributed by atoms with Crippen molar-refractivity contribution in [2.24, 2.45) is 0 Å². The monoisotopic (exact) mass is 226 g/mol. The first-order chi connectivity index (χ1) is 6.29. The van der Waals surface area contributed by atoms with Crippen molar-refractivity contribution in [2.75, 3.05) is 0 Å². The van der Waals surface area contributed by atoms with Crippen LogP contribution < -0.4 is 0 Å². The zero-order valence-corrected chi connectivity index (χ0v) is 9.11. The van der Waals surface area contributed by atoms with Crippen LogP contribution >= 0.6 is 36.8 Å². The van der Waals surface area contributed by atoms with Gasteiger partial charge >= 0.3 is 0 Å². The molecule has 66 valence electrons. The first-order valence-electron chi connectivity index (χ1n) is 3.57. The molecule has 1 aromatic heterocycles. The molecular weight excluding hydrogens is 220 g/mol. The molecule has 5 heteroatoms. The first kappa shape index (κ1) is 9.05. The van der Waals surface area contributed by atoms with Gasteiger partial charge in [0.2, 0.25) is 0 Å². The normalized spacial score (nSPS) is 10.3. The van der Waals surface area contributed by atoms with Crippen LogP contribution in [0.5, 0.6) is 0 Å². The van der Waals surface area contributed by atoms with E-state index < -0.39 is 0 Å². The van der Waals surface area contributed by atoms with Crippen molar-refractivity contribution < 1.29 is 0 Å². The van der Waals surface area contributed by atoms with Gasteiger partial charge < -0.3 is 0 Å². The molecule has 0 saturated carbocycles. The van der Waals surface area contributed by atoms with E-state index >= 15 is 0 Å². The fourth-order valence-corrected chi connectivity index (χ4v) is 1.95. The van der Waals surface area contributed by atoms with E-state index in [0.717, 1.165) is 21.0 Å². The quantitative estimate of drug-likeness (QED) is 0.731. The zero-order chi connectivity index (χ0) is 9.26. The molecule has 1 aromatic carbocycles. The van der Waals surface area contributed by atoms with Crippen LogP contribution in [0.2, 0.25) is 0 Å². The van der Waals surface area contributed by atoms with E-state index in [-0.39, 0.29) is 0 Å². The van der Waals surface area contributed by atoms with Gasteiger partial charge in [-0.15, -0.1) is 30.4 Å². The average molecular weight is 226 g/mol. The Labute approximate surface area is 91.0 Å². The van der Waals surface area contributed by atoms with Gasteiger partial charge in [-0.2, -0.15) is 0 Å². The second-order valence-electron chi connectivity index (χ2n) is 2.46. The molecule has 0 N–H and O–H groups in total. The van der Waals surface area contributed by atoms with Crippen molar-refractivity contribution in [1.82, 2.24) is 9.59 Å². The number of hydrogen-bond donors (Lipinski definition) is 2. The van der Waals surface area contributed by atoms with E-state index in [1.165, 1.54) is 11.5 Å². The largest absolute Gasteiger partial charge is 0.142 e. The Balaban J connectivity index is 2.59. The van der Waals surface area contributed by atoms with Gasteiger partial charge in [-0.25, -0.2) is 0 Å². The molecule has 0 amide bonds. The molecule has 0 spiro atoms. The lowest BCUT2D eigenvalue weighted by molar-refractivity contribution is 1.14. The fourth-order valence-electron chi connectivity index (χ4n) is 1.02. The predicted octanol–water partition coefficient (Wildman–Crippen LogP) is 2.78. The predicted molar refractivity (Wildman–Crippen MR) is 59.8 cm³/mol. The fraction of sp³-hybridized carbons (Fsp3) is 0. The highest BCUT2D eigenvalue weighted by atomic mass is 32.1. The SMILES string of the molecule is Sc1cccc(-c2csnn2)c1S. The van der Waals surface area contributed by atoms with Crippen LogP contribution in [0.3, 0.4) is 0 Å². The number of nitrogens with zero attached hydrogens (tertiary/aromatic N) is 2. The Morgan fingerprint density at radius 2 is 2.08 bits per heavy atom. The second kappa shape index (κ2) is 3.69. The van der Waals surface area contributed by atoms with Crippen molar-refractivity contribution in [3.05, 3.63) is 23.6 Å². The van der Waals surface area contributed by atoms with Crippen LogP contribution in [0.15, 0.2) is 33.4 Å². The van der Waals surface area contributed by atoms with Crippen LogP contribution in [0, 0.1) is 0 Å². The summed E-state index contributed by atoms with van der Waals surface area (Å²) in [5, 5.41) is 5.87. The van der Waals surface area contributed by atoms with Crippen LogP contribution in [-0.4, -0.2) is 9.59 Å². The van der Waals surface area contributed by atoms with Gasteiger partial charge in [-0.3, -0.25) is 0 Å². The summed E-state index contributed by atoms with van der Waals surface area (Å²) in [5.74, 6) is 0. The smallest absolute Gasteiger partial charge is 0.107 e. The van der Waals surface area contributed by atoms with E-state index in [9.17, 15) is 0 Å². The lowest BCUT2D eigenvalue weighted by atomic mass is 10.2. The van der Waals surface area contributed by atoms with Crippen LogP contribution in [0.1, 0.15) is 0 Å². The topological polar surface area (TPSA) is 25.8 Å². The first-order valence-corrected chi connectivity index (χ1v) is 5.30. The highest BCUT2D eigenvalue weighted by molar-refractivity contribution is 7.83. The molecule has 0 unspecified atom stereocenters. The number of benzene rings is 1. The minimum atomic E-state index is 0.846. The summed E-state index contributed by atoms with van der Waals surface area (Å²) in [6.07, 6.45) is 0. The molecule has 0 aliphatic rings. The van der Waals surface area contributed by atoms with Crippen molar-refractivity contribution in [1.29, 1.82) is 0 Å². The Morgan fingerprint density at radius 3 is 2.77 bits per heavy atom. The minimum Gasteiger partial charge on any atom is -0.142 e. The van der Waals surface area contributed by atoms with Gasteiger partial charge in [0, 0.05) is 20.7 Å². The third-order valence-electron chi connectivity index (χ3n) is 1.65. The van der Waals surface area contributed by atoms with Crippen LogP contribution in [0.25, 0.3) is 11.3 Å². The molecule has 0 aliphatic heterocycles. The number of aromatic nitrogens is 2. The average Bonchev–Trinajstić information content (AvgIpc) is 2.62. The zero-order valence-electron chi connectivity index (χ0n) is 6.51. The lowest BCUT2D eigenvalue weighted by Gasteiger charge is -2.02. The molecule has 2 nitrogen and oxygen atoms in total. The van der Waals surface area contributed by atoms with E-state index in [0.29, 0.717) is 0 Å². The summed E-state index contributed by atoms with van der Waals surface area (Å²) in [5.41, 5.74) is 1.83. The Morgan fingerprint density at radius 1 is 1.23 bits per heavy atom. The van der Waals surface area contributed by atoms with Gasteiger partial charge in [0.15, 0.2) is 0 Å². The molecular formula is C8H6N2S3. The highest BCUT2D eigenvalue weighted by Gasteiger charge is 2.06. The van der Waals surface area contributed by atoms with Gasteiger partial charge in [0.25, 0.3) is 0 Å². The van der Waals surface area contributed by atoms with Crippen molar-refractivity contribution >= 4 is 36.8 Å². The van der Waals surface area contributed by atoms with Gasteiger partial charge in [-0.1, -0.05) is 16.6 Å². The lowest BCUT2D eigenvalue weighted by Crippen LogP contribution is -1.81. The van der Waals surface area contributed by atoms with Gasteiger partial charge in [-0.05, 0) is 17.6 Å². The molecule has 2 aromatic rings. The summed E-state index contributed by atoms with van der Waals surface area (Å²) in [4.78, 5) is 1.70. The molecule has 1 heterocycles. The van der Waals surface area contributed by atoms with Crippen molar-refractivity contribution in [2.45, 2.75) is 9.79 Å². The number of hydrogen-bond acceptors (Lipinski definition) is 5. The molecule has 2 rings (SSSR count). The van der Waals surface area contributed by atoms with Crippen LogP contribution in [-0.2, 0) is 0 Å². The maximum absolute atomic E-state index is 4.36. The molecule has 0 atom stereocenters. The highest BCUT2D eigenvalue weighted by Crippen LogP contribution is 2.29.